The molecular formula is C16H22Cl2N2O2. The Hall–Kier alpha value is -1.13. The van der Waals surface area contributed by atoms with Gasteiger partial charge in [-0.05, 0) is 45.4 Å². The van der Waals surface area contributed by atoms with Gasteiger partial charge < -0.3 is 14.5 Å². The number of benzene rings is 1. The summed E-state index contributed by atoms with van der Waals surface area (Å²) in [4.78, 5) is 16.1. The van der Waals surface area contributed by atoms with Crippen LogP contribution in [0, 0.1) is 0 Å². The molecule has 1 saturated heterocycles. The van der Waals surface area contributed by atoms with E-state index in [1.165, 1.54) is 0 Å². The lowest BCUT2D eigenvalue weighted by Gasteiger charge is -2.27. The van der Waals surface area contributed by atoms with Crippen molar-refractivity contribution in [2.45, 2.75) is 32.8 Å². The fourth-order valence-corrected chi connectivity index (χ4v) is 2.66. The normalized spacial score (nSPS) is 16.4. The molecule has 0 saturated carbocycles. The van der Waals surface area contributed by atoms with Gasteiger partial charge in [0.15, 0.2) is 0 Å². The maximum absolute atomic E-state index is 12.2. The summed E-state index contributed by atoms with van der Waals surface area (Å²) in [5.41, 5.74) is 0.563. The minimum Gasteiger partial charge on any atom is -0.444 e. The Labute approximate surface area is 141 Å². The molecule has 2 rings (SSSR count). The summed E-state index contributed by atoms with van der Waals surface area (Å²) < 4.78 is 5.44. The highest BCUT2D eigenvalue weighted by molar-refractivity contribution is 6.42. The Kier molecular flexibility index (Phi) is 5.45. The maximum atomic E-state index is 12.2. The fourth-order valence-electron chi connectivity index (χ4n) is 2.37. The van der Waals surface area contributed by atoms with Gasteiger partial charge in [-0.2, -0.15) is 0 Å². The molecule has 1 aliphatic heterocycles. The second-order valence-corrected chi connectivity index (χ2v) is 7.22. The van der Waals surface area contributed by atoms with Crippen LogP contribution in [0.4, 0.5) is 10.5 Å². The van der Waals surface area contributed by atoms with Crippen molar-refractivity contribution < 1.29 is 9.53 Å². The van der Waals surface area contributed by atoms with Crippen molar-refractivity contribution in [1.82, 2.24) is 4.90 Å². The van der Waals surface area contributed by atoms with Crippen molar-refractivity contribution in [3.05, 3.63) is 28.2 Å². The van der Waals surface area contributed by atoms with Gasteiger partial charge in [0.1, 0.15) is 5.60 Å². The summed E-state index contributed by atoms with van der Waals surface area (Å²) >= 11 is 12.0. The summed E-state index contributed by atoms with van der Waals surface area (Å²) in [6, 6.07) is 5.63. The molecule has 0 aliphatic carbocycles. The lowest BCUT2D eigenvalue weighted by atomic mass is 10.2. The van der Waals surface area contributed by atoms with Crippen molar-refractivity contribution in [3.63, 3.8) is 0 Å². The topological polar surface area (TPSA) is 32.8 Å². The predicted molar refractivity (Wildman–Crippen MR) is 91.1 cm³/mol. The molecule has 0 radical (unpaired) electrons. The van der Waals surface area contributed by atoms with E-state index in [0.717, 1.165) is 25.2 Å². The second kappa shape index (κ2) is 6.97. The van der Waals surface area contributed by atoms with Gasteiger partial charge in [0.25, 0.3) is 0 Å². The Morgan fingerprint density at radius 3 is 2.45 bits per heavy atom. The summed E-state index contributed by atoms with van der Waals surface area (Å²) in [7, 11) is 0. The van der Waals surface area contributed by atoms with E-state index in [0.29, 0.717) is 23.1 Å². The van der Waals surface area contributed by atoms with E-state index < -0.39 is 5.60 Å². The third-order valence-corrected chi connectivity index (χ3v) is 4.15. The van der Waals surface area contributed by atoms with Gasteiger partial charge in [0.05, 0.1) is 10.0 Å². The highest BCUT2D eigenvalue weighted by Gasteiger charge is 2.24. The van der Waals surface area contributed by atoms with Crippen LogP contribution in [-0.4, -0.2) is 42.8 Å². The van der Waals surface area contributed by atoms with Gasteiger partial charge in [0.2, 0.25) is 0 Å². The Morgan fingerprint density at radius 2 is 1.82 bits per heavy atom. The highest BCUT2D eigenvalue weighted by Crippen LogP contribution is 2.27. The number of ether oxygens (including phenoxy) is 1. The molecule has 1 amide bonds. The number of halogens is 2. The molecule has 0 bridgehead atoms. The van der Waals surface area contributed by atoms with Crippen molar-refractivity contribution in [1.29, 1.82) is 0 Å². The van der Waals surface area contributed by atoms with Gasteiger partial charge in [-0.15, -0.1) is 0 Å². The van der Waals surface area contributed by atoms with Crippen LogP contribution in [0.1, 0.15) is 27.2 Å². The number of carbonyl (C=O) groups excluding carboxylic acids is 1. The van der Waals surface area contributed by atoms with Crippen LogP contribution in [0.2, 0.25) is 10.0 Å². The van der Waals surface area contributed by atoms with Crippen LogP contribution in [0.15, 0.2) is 18.2 Å². The minimum atomic E-state index is -0.465. The lowest BCUT2D eigenvalue weighted by molar-refractivity contribution is 0.0263. The zero-order valence-corrected chi connectivity index (χ0v) is 14.7. The monoisotopic (exact) mass is 344 g/mol. The van der Waals surface area contributed by atoms with E-state index in [-0.39, 0.29) is 6.09 Å². The molecule has 1 fully saturated rings. The van der Waals surface area contributed by atoms with Gasteiger partial charge in [-0.1, -0.05) is 23.2 Å². The van der Waals surface area contributed by atoms with Crippen LogP contribution < -0.4 is 4.90 Å². The lowest BCUT2D eigenvalue weighted by Crippen LogP contribution is -2.39. The molecule has 0 unspecified atom stereocenters. The van der Waals surface area contributed by atoms with Gasteiger partial charge >= 0.3 is 6.09 Å². The molecule has 0 N–H and O–H groups in total. The first-order valence-corrected chi connectivity index (χ1v) is 8.20. The molecule has 122 valence electrons. The van der Waals surface area contributed by atoms with Crippen LogP contribution in [0.25, 0.3) is 0 Å². The molecule has 0 atom stereocenters. The van der Waals surface area contributed by atoms with Crippen LogP contribution in [0.5, 0.6) is 0 Å². The molecule has 0 spiro atoms. The van der Waals surface area contributed by atoms with Crippen molar-refractivity contribution in [2.75, 3.05) is 31.1 Å². The van der Waals surface area contributed by atoms with Crippen LogP contribution in [-0.2, 0) is 4.74 Å². The zero-order chi connectivity index (χ0) is 16.3. The summed E-state index contributed by atoms with van der Waals surface area (Å²) in [5, 5.41) is 1.10. The first-order chi connectivity index (χ1) is 10.3. The molecule has 1 aliphatic rings. The van der Waals surface area contributed by atoms with Crippen molar-refractivity contribution in [2.24, 2.45) is 0 Å². The smallest absolute Gasteiger partial charge is 0.410 e. The van der Waals surface area contributed by atoms with Crippen molar-refractivity contribution in [3.8, 4) is 0 Å². The second-order valence-electron chi connectivity index (χ2n) is 6.41. The summed E-state index contributed by atoms with van der Waals surface area (Å²) in [6.07, 6.45) is 0.642. The summed E-state index contributed by atoms with van der Waals surface area (Å²) in [5.74, 6) is 0. The Balaban J connectivity index is 2.00. The highest BCUT2D eigenvalue weighted by atomic mass is 35.5. The Bertz CT molecular complexity index is 543. The van der Waals surface area contributed by atoms with Crippen LogP contribution in [0.3, 0.4) is 0 Å². The molecule has 1 aromatic rings. The number of nitrogens with zero attached hydrogens (tertiary/aromatic N) is 2. The fraction of sp³-hybridized carbons (Fsp3) is 0.562. The molecule has 22 heavy (non-hydrogen) atoms. The van der Waals surface area contributed by atoms with Gasteiger partial charge in [-0.25, -0.2) is 4.79 Å². The largest absolute Gasteiger partial charge is 0.444 e. The Morgan fingerprint density at radius 1 is 1.09 bits per heavy atom. The molecule has 1 heterocycles. The van der Waals surface area contributed by atoms with E-state index in [4.69, 9.17) is 27.9 Å². The average molecular weight is 345 g/mol. The molecule has 1 aromatic carbocycles. The number of carbonyl (C=O) groups is 1. The number of rotatable bonds is 1. The van der Waals surface area contributed by atoms with E-state index >= 15 is 0 Å². The first-order valence-electron chi connectivity index (χ1n) is 7.44. The number of amides is 1. The molecule has 0 aromatic heterocycles. The van der Waals surface area contributed by atoms with Crippen molar-refractivity contribution >= 4 is 35.0 Å². The molecule has 4 nitrogen and oxygen atoms in total. The molecule has 6 heteroatoms. The van der Waals surface area contributed by atoms with Gasteiger partial charge in [0, 0.05) is 31.9 Å². The zero-order valence-electron chi connectivity index (χ0n) is 13.2. The predicted octanol–water partition coefficient (Wildman–Crippen LogP) is 4.44. The number of hydrogen-bond acceptors (Lipinski definition) is 3. The molecular weight excluding hydrogens is 323 g/mol. The third kappa shape index (κ3) is 4.68. The van der Waals surface area contributed by atoms with E-state index in [2.05, 4.69) is 4.90 Å². The third-order valence-electron chi connectivity index (χ3n) is 3.42. The maximum Gasteiger partial charge on any atom is 0.410 e. The minimum absolute atomic E-state index is 0.247. The number of anilines is 1. The van der Waals surface area contributed by atoms with Gasteiger partial charge in [-0.3, -0.25) is 0 Å². The van der Waals surface area contributed by atoms with E-state index in [1.54, 1.807) is 11.0 Å². The average Bonchev–Trinajstić information content (AvgIpc) is 2.66. The standard InChI is InChI=1S/C16H22Cl2N2O2/c1-16(2,3)22-15(21)20-8-4-7-19(9-10-20)12-5-6-13(17)14(18)11-12/h5-6,11H,4,7-10H2,1-3H3. The quantitative estimate of drug-likeness (QED) is 0.754. The van der Waals surface area contributed by atoms with Crippen LogP contribution >= 0.6 is 23.2 Å². The summed E-state index contributed by atoms with van der Waals surface area (Å²) in [6.45, 7) is 8.59. The van der Waals surface area contributed by atoms with E-state index in [9.17, 15) is 4.79 Å². The SMILES string of the molecule is CC(C)(C)OC(=O)N1CCCN(c2ccc(Cl)c(Cl)c2)CC1. The van der Waals surface area contributed by atoms with E-state index in [1.807, 2.05) is 32.9 Å². The number of hydrogen-bond donors (Lipinski definition) is 0. The first kappa shape index (κ1) is 17.2.